The molecular weight excluding hydrogens is 320 g/mol. The van der Waals surface area contributed by atoms with E-state index in [4.69, 9.17) is 11.5 Å². The van der Waals surface area contributed by atoms with Gasteiger partial charge in [0.05, 0.1) is 0 Å². The number of benzene rings is 2. The van der Waals surface area contributed by atoms with E-state index in [1.165, 1.54) is 12.8 Å². The van der Waals surface area contributed by atoms with E-state index in [1.807, 2.05) is 54.6 Å². The maximum Gasteiger partial charge on any atom is 0.101 e. The number of hydrogen-bond acceptors (Lipinski definition) is 4. The SMILES string of the molecule is C=C(NCC1CC1)c1cccc(N/C(N)=C/C=C(\N)c2ccccc2)c1. The molecule has 134 valence electrons. The Morgan fingerprint density at radius 2 is 1.73 bits per heavy atom. The second kappa shape index (κ2) is 8.30. The van der Waals surface area contributed by atoms with Crippen molar-refractivity contribution in [3.63, 3.8) is 0 Å². The molecule has 0 spiro atoms. The first-order valence-electron chi connectivity index (χ1n) is 8.90. The molecule has 0 atom stereocenters. The van der Waals surface area contributed by atoms with Crippen molar-refractivity contribution in [3.05, 3.63) is 90.3 Å². The summed E-state index contributed by atoms with van der Waals surface area (Å²) in [7, 11) is 0. The Kier molecular flexibility index (Phi) is 5.64. The molecule has 4 nitrogen and oxygen atoms in total. The number of rotatable bonds is 8. The van der Waals surface area contributed by atoms with E-state index in [2.05, 4.69) is 17.2 Å². The molecule has 2 aromatic rings. The van der Waals surface area contributed by atoms with E-state index >= 15 is 0 Å². The minimum Gasteiger partial charge on any atom is -0.398 e. The van der Waals surface area contributed by atoms with Crippen molar-refractivity contribution in [1.29, 1.82) is 0 Å². The van der Waals surface area contributed by atoms with Gasteiger partial charge in [-0.05, 0) is 54.2 Å². The number of allylic oxidation sites excluding steroid dienone is 2. The van der Waals surface area contributed by atoms with Crippen LogP contribution in [0.4, 0.5) is 5.69 Å². The summed E-state index contributed by atoms with van der Waals surface area (Å²) in [5, 5.41) is 6.60. The summed E-state index contributed by atoms with van der Waals surface area (Å²) >= 11 is 0. The van der Waals surface area contributed by atoms with Crippen LogP contribution >= 0.6 is 0 Å². The molecule has 1 aliphatic carbocycles. The molecule has 0 saturated heterocycles. The third-order valence-electron chi connectivity index (χ3n) is 4.35. The van der Waals surface area contributed by atoms with Gasteiger partial charge in [0.15, 0.2) is 0 Å². The van der Waals surface area contributed by atoms with Crippen LogP contribution in [0.2, 0.25) is 0 Å². The van der Waals surface area contributed by atoms with Gasteiger partial charge >= 0.3 is 0 Å². The summed E-state index contributed by atoms with van der Waals surface area (Å²) in [5.74, 6) is 1.34. The fourth-order valence-electron chi connectivity index (χ4n) is 2.59. The van der Waals surface area contributed by atoms with Crippen LogP contribution in [0.25, 0.3) is 11.4 Å². The zero-order chi connectivity index (χ0) is 18.4. The normalized spacial score (nSPS) is 14.8. The third kappa shape index (κ3) is 5.18. The molecule has 26 heavy (non-hydrogen) atoms. The predicted octanol–water partition coefficient (Wildman–Crippen LogP) is 3.87. The molecule has 0 aliphatic heterocycles. The largest absolute Gasteiger partial charge is 0.398 e. The summed E-state index contributed by atoms with van der Waals surface area (Å²) in [5.41, 5.74) is 16.7. The Morgan fingerprint density at radius 1 is 1.00 bits per heavy atom. The molecule has 6 N–H and O–H groups in total. The molecular formula is C22H26N4. The molecule has 1 aliphatic rings. The average Bonchev–Trinajstić information content (AvgIpc) is 3.49. The highest BCUT2D eigenvalue weighted by molar-refractivity contribution is 5.67. The fourth-order valence-corrected chi connectivity index (χ4v) is 2.59. The summed E-state index contributed by atoms with van der Waals surface area (Å²) < 4.78 is 0. The molecule has 1 saturated carbocycles. The molecule has 0 heterocycles. The highest BCUT2D eigenvalue weighted by Gasteiger charge is 2.20. The van der Waals surface area contributed by atoms with Crippen LogP contribution in [0.1, 0.15) is 24.0 Å². The quantitative estimate of drug-likeness (QED) is 0.547. The van der Waals surface area contributed by atoms with Crippen LogP contribution in [0.3, 0.4) is 0 Å². The molecule has 0 aromatic heterocycles. The van der Waals surface area contributed by atoms with Gasteiger partial charge in [-0.1, -0.05) is 49.0 Å². The first kappa shape index (κ1) is 17.7. The van der Waals surface area contributed by atoms with E-state index in [-0.39, 0.29) is 0 Å². The van der Waals surface area contributed by atoms with Gasteiger partial charge in [-0.25, -0.2) is 0 Å². The predicted molar refractivity (Wildman–Crippen MR) is 111 cm³/mol. The van der Waals surface area contributed by atoms with Gasteiger partial charge in [-0.3, -0.25) is 0 Å². The lowest BCUT2D eigenvalue weighted by Gasteiger charge is -2.12. The lowest BCUT2D eigenvalue weighted by molar-refractivity contribution is 0.760. The lowest BCUT2D eigenvalue weighted by atomic mass is 10.1. The molecule has 0 bridgehead atoms. The van der Waals surface area contributed by atoms with Gasteiger partial charge < -0.3 is 22.1 Å². The van der Waals surface area contributed by atoms with E-state index in [1.54, 1.807) is 12.2 Å². The molecule has 3 rings (SSSR count). The third-order valence-corrected chi connectivity index (χ3v) is 4.35. The topological polar surface area (TPSA) is 76.1 Å². The van der Waals surface area contributed by atoms with Gasteiger partial charge in [-0.2, -0.15) is 0 Å². The molecule has 0 amide bonds. The second-order valence-corrected chi connectivity index (χ2v) is 6.62. The number of nitrogens with two attached hydrogens (primary N) is 2. The Morgan fingerprint density at radius 3 is 2.46 bits per heavy atom. The monoisotopic (exact) mass is 346 g/mol. The minimum absolute atomic E-state index is 0.526. The first-order chi connectivity index (χ1) is 12.6. The second-order valence-electron chi connectivity index (χ2n) is 6.62. The maximum atomic E-state index is 6.08. The highest BCUT2D eigenvalue weighted by Crippen LogP contribution is 2.28. The van der Waals surface area contributed by atoms with Crippen LogP contribution in [-0.2, 0) is 0 Å². The van der Waals surface area contributed by atoms with Crippen molar-refractivity contribution >= 4 is 17.1 Å². The summed E-state index contributed by atoms with van der Waals surface area (Å²) in [6.45, 7) is 5.13. The zero-order valence-electron chi connectivity index (χ0n) is 14.9. The van der Waals surface area contributed by atoms with Gasteiger partial charge in [-0.15, -0.1) is 0 Å². The molecule has 0 unspecified atom stereocenters. The molecule has 1 fully saturated rings. The van der Waals surface area contributed by atoms with Gasteiger partial charge in [0.2, 0.25) is 0 Å². The fraction of sp³-hybridized carbons (Fsp3) is 0.182. The lowest BCUT2D eigenvalue weighted by Crippen LogP contribution is -2.14. The Labute approximate surface area is 155 Å². The average molecular weight is 346 g/mol. The van der Waals surface area contributed by atoms with Crippen LogP contribution < -0.4 is 22.1 Å². The number of anilines is 1. The van der Waals surface area contributed by atoms with Crippen LogP contribution in [0.15, 0.2) is 79.1 Å². The Hall–Kier alpha value is -3.14. The van der Waals surface area contributed by atoms with Gasteiger partial charge in [0, 0.05) is 23.6 Å². The van der Waals surface area contributed by atoms with E-state index in [9.17, 15) is 0 Å². The molecule has 4 heteroatoms. The molecule has 2 aromatic carbocycles. The van der Waals surface area contributed by atoms with E-state index < -0.39 is 0 Å². The van der Waals surface area contributed by atoms with Crippen molar-refractivity contribution in [1.82, 2.24) is 5.32 Å². The summed E-state index contributed by atoms with van der Waals surface area (Å²) in [6.07, 6.45) is 6.22. The van der Waals surface area contributed by atoms with Crippen molar-refractivity contribution in [2.75, 3.05) is 11.9 Å². The van der Waals surface area contributed by atoms with Crippen LogP contribution in [0, 0.1) is 5.92 Å². The maximum absolute atomic E-state index is 6.08. The zero-order valence-corrected chi connectivity index (χ0v) is 14.9. The Balaban J connectivity index is 1.62. The smallest absolute Gasteiger partial charge is 0.101 e. The number of hydrogen-bond donors (Lipinski definition) is 4. The van der Waals surface area contributed by atoms with Crippen LogP contribution in [-0.4, -0.2) is 6.54 Å². The first-order valence-corrected chi connectivity index (χ1v) is 8.90. The number of nitrogens with one attached hydrogen (secondary N) is 2. The van der Waals surface area contributed by atoms with Crippen LogP contribution in [0.5, 0.6) is 0 Å². The summed E-state index contributed by atoms with van der Waals surface area (Å²) in [4.78, 5) is 0. The van der Waals surface area contributed by atoms with Gasteiger partial charge in [0.1, 0.15) is 5.82 Å². The van der Waals surface area contributed by atoms with Crippen molar-refractivity contribution < 1.29 is 0 Å². The van der Waals surface area contributed by atoms with Crippen molar-refractivity contribution in [2.45, 2.75) is 12.8 Å². The van der Waals surface area contributed by atoms with Crippen molar-refractivity contribution in [2.24, 2.45) is 17.4 Å². The molecule has 0 radical (unpaired) electrons. The van der Waals surface area contributed by atoms with Gasteiger partial charge in [0.25, 0.3) is 0 Å². The van der Waals surface area contributed by atoms with Crippen molar-refractivity contribution in [3.8, 4) is 0 Å². The summed E-state index contributed by atoms with van der Waals surface area (Å²) in [6, 6.07) is 17.8. The van der Waals surface area contributed by atoms with E-state index in [0.29, 0.717) is 11.5 Å². The van der Waals surface area contributed by atoms with E-state index in [0.717, 1.165) is 35.0 Å². The standard InChI is InChI=1S/C22H26N4/c1-16(25-15-17-10-11-17)19-8-5-9-20(14-19)26-22(24)13-12-21(23)18-6-3-2-4-7-18/h2-9,12-14,17,25-26H,1,10-11,15,23-24H2/b21-12-,22-13+. The Bertz CT molecular complexity index is 817. The minimum atomic E-state index is 0.526. The highest BCUT2D eigenvalue weighted by atomic mass is 15.0.